The van der Waals surface area contributed by atoms with Gasteiger partial charge in [-0.25, -0.2) is 13.2 Å². The van der Waals surface area contributed by atoms with Crippen molar-refractivity contribution in [2.24, 2.45) is 5.41 Å². The molecule has 1 aromatic heterocycles. The van der Waals surface area contributed by atoms with Crippen molar-refractivity contribution in [2.75, 3.05) is 13.1 Å². The molecule has 8 heteroatoms. The first kappa shape index (κ1) is 16.0. The molecule has 0 atom stereocenters. The molecule has 1 fully saturated rings. The van der Waals surface area contributed by atoms with E-state index in [1.807, 2.05) is 0 Å². The molecular weight excluding hydrogens is 294 g/mol. The van der Waals surface area contributed by atoms with Crippen molar-refractivity contribution in [3.8, 4) is 0 Å². The first-order valence-corrected chi connectivity index (χ1v) is 8.50. The van der Waals surface area contributed by atoms with Crippen LogP contribution in [0.4, 0.5) is 0 Å². The summed E-state index contributed by atoms with van der Waals surface area (Å²) in [5, 5.41) is 15.0. The Morgan fingerprint density at radius 1 is 1.43 bits per heavy atom. The number of aromatic nitrogens is 2. The van der Waals surface area contributed by atoms with E-state index in [0.717, 1.165) is 19.3 Å². The summed E-state index contributed by atoms with van der Waals surface area (Å²) in [5.74, 6) is -1.28. The fourth-order valence-electron chi connectivity index (χ4n) is 2.89. The molecule has 2 rings (SSSR count). The van der Waals surface area contributed by atoms with Crippen LogP contribution >= 0.6 is 0 Å². The van der Waals surface area contributed by atoms with Gasteiger partial charge in [-0.2, -0.15) is 9.40 Å². The lowest BCUT2D eigenvalue weighted by Gasteiger charge is -2.26. The van der Waals surface area contributed by atoms with Crippen molar-refractivity contribution in [2.45, 2.75) is 45.1 Å². The molecule has 2 heterocycles. The first-order chi connectivity index (χ1) is 9.77. The second-order valence-electron chi connectivity index (χ2n) is 5.63. The van der Waals surface area contributed by atoms with Gasteiger partial charge < -0.3 is 5.11 Å². The van der Waals surface area contributed by atoms with Crippen molar-refractivity contribution >= 4 is 16.0 Å². The highest BCUT2D eigenvalue weighted by Crippen LogP contribution is 2.39. The highest BCUT2D eigenvalue weighted by molar-refractivity contribution is 7.89. The summed E-state index contributed by atoms with van der Waals surface area (Å²) in [6.07, 6.45) is 2.60. The highest BCUT2D eigenvalue weighted by Gasteiger charge is 2.43. The van der Waals surface area contributed by atoms with Crippen LogP contribution < -0.4 is 0 Å². The summed E-state index contributed by atoms with van der Waals surface area (Å²) < 4.78 is 26.7. The number of carboxylic acids is 1. The lowest BCUT2D eigenvalue weighted by molar-refractivity contribution is 0.0691. The average Bonchev–Trinajstić information content (AvgIpc) is 3.03. The van der Waals surface area contributed by atoms with Crippen LogP contribution in [0.3, 0.4) is 0 Å². The number of hydrogen-bond donors (Lipinski definition) is 2. The van der Waals surface area contributed by atoms with E-state index >= 15 is 0 Å². The predicted molar refractivity (Wildman–Crippen MR) is 76.7 cm³/mol. The van der Waals surface area contributed by atoms with Crippen LogP contribution in [0.25, 0.3) is 0 Å². The van der Waals surface area contributed by atoms with Crippen LogP contribution in [-0.2, 0) is 10.0 Å². The number of carboxylic acid groups (broad SMARTS) is 1. The number of H-pyrrole nitrogens is 1. The Morgan fingerprint density at radius 3 is 2.52 bits per heavy atom. The molecule has 0 aliphatic carbocycles. The van der Waals surface area contributed by atoms with Crippen molar-refractivity contribution in [1.29, 1.82) is 0 Å². The number of sulfonamides is 1. The number of aromatic carboxylic acids is 1. The van der Waals surface area contributed by atoms with Gasteiger partial charge in [0.15, 0.2) is 0 Å². The number of nitrogens with one attached hydrogen (secondary N) is 1. The largest absolute Gasteiger partial charge is 0.478 e. The third-order valence-corrected chi connectivity index (χ3v) is 6.39. The van der Waals surface area contributed by atoms with Crippen LogP contribution in [0.15, 0.2) is 5.03 Å². The van der Waals surface area contributed by atoms with E-state index in [4.69, 9.17) is 0 Å². The van der Waals surface area contributed by atoms with Gasteiger partial charge in [0, 0.05) is 18.8 Å². The highest BCUT2D eigenvalue weighted by atomic mass is 32.2. The summed E-state index contributed by atoms with van der Waals surface area (Å²) >= 11 is 0. The van der Waals surface area contributed by atoms with Gasteiger partial charge in [-0.3, -0.25) is 5.10 Å². The molecule has 2 N–H and O–H groups in total. The van der Waals surface area contributed by atoms with Gasteiger partial charge >= 0.3 is 5.97 Å². The van der Waals surface area contributed by atoms with Crippen LogP contribution in [0.2, 0.25) is 0 Å². The van der Waals surface area contributed by atoms with E-state index in [0.29, 0.717) is 13.1 Å². The zero-order chi connectivity index (χ0) is 15.8. The van der Waals surface area contributed by atoms with Crippen LogP contribution in [0.5, 0.6) is 0 Å². The molecule has 1 aliphatic rings. The zero-order valence-electron chi connectivity index (χ0n) is 12.5. The molecule has 0 radical (unpaired) electrons. The van der Waals surface area contributed by atoms with Crippen LogP contribution in [-0.4, -0.2) is 47.1 Å². The molecule has 1 aliphatic heterocycles. The van der Waals surface area contributed by atoms with E-state index in [9.17, 15) is 18.3 Å². The third-order valence-electron chi connectivity index (χ3n) is 4.62. The third kappa shape index (κ3) is 2.57. The number of aromatic amines is 1. The van der Waals surface area contributed by atoms with Gasteiger partial charge in [0.05, 0.1) is 0 Å². The van der Waals surface area contributed by atoms with Gasteiger partial charge in [0.1, 0.15) is 5.56 Å². The van der Waals surface area contributed by atoms with Crippen molar-refractivity contribution in [3.63, 3.8) is 0 Å². The van der Waals surface area contributed by atoms with Crippen molar-refractivity contribution in [1.82, 2.24) is 14.5 Å². The summed E-state index contributed by atoms with van der Waals surface area (Å²) in [6, 6.07) is 0. The molecule has 7 nitrogen and oxygen atoms in total. The van der Waals surface area contributed by atoms with E-state index in [2.05, 4.69) is 24.0 Å². The molecule has 1 saturated heterocycles. The minimum atomic E-state index is -3.87. The Kier molecular flexibility index (Phi) is 4.12. The van der Waals surface area contributed by atoms with Gasteiger partial charge in [-0.15, -0.1) is 0 Å². The monoisotopic (exact) mass is 315 g/mol. The van der Waals surface area contributed by atoms with E-state index in [1.165, 1.54) is 11.2 Å². The van der Waals surface area contributed by atoms with E-state index < -0.39 is 16.0 Å². The standard InChI is InChI=1S/C13H21N3O4S/c1-4-13(5-2)6-7-16(8-13)21(19,20)11-10(12(17)18)9(3)14-15-11/h4-8H2,1-3H3,(H,14,15)(H,17,18). The van der Waals surface area contributed by atoms with E-state index in [-0.39, 0.29) is 21.7 Å². The lowest BCUT2D eigenvalue weighted by atomic mass is 9.82. The van der Waals surface area contributed by atoms with E-state index in [1.54, 1.807) is 0 Å². The molecular formula is C13H21N3O4S. The molecule has 0 spiro atoms. The lowest BCUT2D eigenvalue weighted by Crippen LogP contribution is -2.33. The maximum Gasteiger partial charge on any atom is 0.340 e. The smallest absolute Gasteiger partial charge is 0.340 e. The van der Waals surface area contributed by atoms with Crippen molar-refractivity contribution in [3.05, 3.63) is 11.3 Å². The molecule has 0 amide bonds. The number of aryl methyl sites for hydroxylation is 1. The Balaban J connectivity index is 2.39. The quantitative estimate of drug-likeness (QED) is 0.859. The van der Waals surface area contributed by atoms with Crippen LogP contribution in [0, 0.1) is 12.3 Å². The summed E-state index contributed by atoms with van der Waals surface area (Å²) in [4.78, 5) is 11.3. The van der Waals surface area contributed by atoms with Crippen LogP contribution in [0.1, 0.15) is 49.2 Å². The summed E-state index contributed by atoms with van der Waals surface area (Å²) in [6.45, 7) is 6.45. The number of hydrogen-bond acceptors (Lipinski definition) is 4. The second kappa shape index (κ2) is 5.42. The SMILES string of the molecule is CCC1(CC)CCN(S(=O)(=O)c2n[nH]c(C)c2C(=O)O)C1. The van der Waals surface area contributed by atoms with Gasteiger partial charge in [-0.05, 0) is 31.6 Å². The Bertz CT molecular complexity index is 646. The fourth-order valence-corrected chi connectivity index (χ4v) is 4.57. The maximum atomic E-state index is 12.7. The van der Waals surface area contributed by atoms with Gasteiger partial charge in [0.2, 0.25) is 5.03 Å². The Morgan fingerprint density at radius 2 is 2.05 bits per heavy atom. The minimum absolute atomic E-state index is 0.0121. The summed E-state index contributed by atoms with van der Waals surface area (Å²) in [5.41, 5.74) is -0.0278. The van der Waals surface area contributed by atoms with Gasteiger partial charge in [0.25, 0.3) is 10.0 Å². The average molecular weight is 315 g/mol. The molecule has 0 aromatic carbocycles. The van der Waals surface area contributed by atoms with Gasteiger partial charge in [-0.1, -0.05) is 13.8 Å². The number of rotatable bonds is 5. The maximum absolute atomic E-state index is 12.7. The molecule has 118 valence electrons. The first-order valence-electron chi connectivity index (χ1n) is 7.06. The molecule has 0 saturated carbocycles. The fraction of sp³-hybridized carbons (Fsp3) is 0.692. The molecule has 0 bridgehead atoms. The second-order valence-corrected chi connectivity index (χ2v) is 7.48. The zero-order valence-corrected chi connectivity index (χ0v) is 13.3. The Hall–Kier alpha value is -1.41. The normalized spacial score (nSPS) is 19.0. The topological polar surface area (TPSA) is 103 Å². The predicted octanol–water partition coefficient (Wildman–Crippen LogP) is 1.62. The van der Waals surface area contributed by atoms with Crippen molar-refractivity contribution < 1.29 is 18.3 Å². The Labute approximate surface area is 124 Å². The minimum Gasteiger partial charge on any atom is -0.478 e. The molecule has 21 heavy (non-hydrogen) atoms. The number of nitrogens with zero attached hydrogens (tertiary/aromatic N) is 2. The molecule has 1 aromatic rings. The number of carbonyl (C=O) groups is 1. The summed E-state index contributed by atoms with van der Waals surface area (Å²) in [7, 11) is -3.87. The molecule has 0 unspecified atom stereocenters.